The number of aromatic nitrogens is 4. The standard InChI is InChI=1S/C51H34N2.C51H36N2/c1-2-12-37(13-3-1)52-49-21-11-7-17-43(49)44-31-33(23-25-50(44)52)35-28-36(34-22-24-40-39-14-4-8-18-45(39)51(26-27-51)46(40)32-34)30-38(29-35)53-47-19-9-5-15-41(47)42-16-6-10-20-48(42)53;1-51(2)45-20-10-6-16-39(45)40-26-24-34(32-46(40)51)36-28-35(29-38(30-36)53-47-21-11-7-17-41(47)42-18-8-12-22-48(42)53)33-25-27-50-44(31-33)43-19-9-13-23-49(43)52(50)37-14-4-3-5-15-37/h1-25,28-32H,26-27H2;3-32H,1-2H3. The molecule has 4 heteroatoms. The van der Waals surface area contributed by atoms with Crippen molar-refractivity contribution < 1.29 is 0 Å². The van der Waals surface area contributed by atoms with E-state index in [4.69, 9.17) is 0 Å². The molecule has 1 spiro atoms. The molecule has 0 radical (unpaired) electrons. The average Bonchev–Trinajstić information content (AvgIpc) is 1.53. The number of fused-ring (bicyclic) bond motifs is 20. The van der Waals surface area contributed by atoms with Gasteiger partial charge in [0.25, 0.3) is 0 Å². The van der Waals surface area contributed by atoms with E-state index in [0.29, 0.717) is 0 Å². The summed E-state index contributed by atoms with van der Waals surface area (Å²) in [7, 11) is 0. The van der Waals surface area contributed by atoms with Crippen molar-refractivity contribution in [3.05, 3.63) is 386 Å². The highest BCUT2D eigenvalue weighted by molar-refractivity contribution is 6.14. The summed E-state index contributed by atoms with van der Waals surface area (Å²) in [6.07, 6.45) is 2.45. The van der Waals surface area contributed by atoms with Gasteiger partial charge in [-0.2, -0.15) is 0 Å². The van der Waals surface area contributed by atoms with Gasteiger partial charge in [-0.1, -0.05) is 244 Å². The first-order chi connectivity index (χ1) is 52.3. The molecule has 20 aromatic rings. The van der Waals surface area contributed by atoms with E-state index in [-0.39, 0.29) is 10.8 Å². The summed E-state index contributed by atoms with van der Waals surface area (Å²) in [6.45, 7) is 4.73. The first kappa shape index (κ1) is 60.3. The zero-order valence-electron chi connectivity index (χ0n) is 58.8. The Hall–Kier alpha value is -13.3. The topological polar surface area (TPSA) is 19.7 Å². The van der Waals surface area contributed by atoms with Crippen LogP contribution in [0.2, 0.25) is 0 Å². The molecule has 0 amide bonds. The minimum atomic E-state index is -0.0762. The molecule has 4 heterocycles. The van der Waals surface area contributed by atoms with Crippen molar-refractivity contribution in [3.8, 4) is 89.5 Å². The van der Waals surface area contributed by atoms with Gasteiger partial charge in [-0.25, -0.2) is 0 Å². The first-order valence-corrected chi connectivity index (χ1v) is 37.2. The van der Waals surface area contributed by atoms with Crippen molar-refractivity contribution in [2.24, 2.45) is 0 Å². The SMILES string of the molecule is CC1(C)c2ccccc2-c2ccc(-c3cc(-c4ccc5c(c4)c4ccccc4n5-c4ccccc4)cc(-n4c5ccccc5c5ccccc54)c3)cc21.c1ccc(-n2c3ccccc3c3cc(-c4cc(-c5ccc6c(c5)C5(CC5)c5ccccc5-6)cc(-n5c6ccccc6c6ccccc65)c4)ccc32)cc1. The lowest BCUT2D eigenvalue weighted by atomic mass is 9.81. The third-order valence-electron chi connectivity index (χ3n) is 23.8. The Kier molecular flexibility index (Phi) is 13.2. The van der Waals surface area contributed by atoms with Crippen LogP contribution in [0.4, 0.5) is 0 Å². The smallest absolute Gasteiger partial charge is 0.0541 e. The van der Waals surface area contributed by atoms with Crippen LogP contribution in [-0.2, 0) is 10.8 Å². The number of benzene rings is 16. The molecule has 0 saturated heterocycles. The van der Waals surface area contributed by atoms with Crippen LogP contribution < -0.4 is 0 Å². The lowest BCUT2D eigenvalue weighted by Gasteiger charge is -2.22. The Morgan fingerprint density at radius 3 is 0.877 bits per heavy atom. The third-order valence-corrected chi connectivity index (χ3v) is 23.8. The second-order valence-corrected chi connectivity index (χ2v) is 29.9. The van der Waals surface area contributed by atoms with Gasteiger partial charge in [0.15, 0.2) is 0 Å². The van der Waals surface area contributed by atoms with Crippen molar-refractivity contribution in [3.63, 3.8) is 0 Å². The van der Waals surface area contributed by atoms with Gasteiger partial charge in [-0.05, 0) is 235 Å². The molecule has 3 aliphatic carbocycles. The molecule has 498 valence electrons. The van der Waals surface area contributed by atoms with Gasteiger partial charge >= 0.3 is 0 Å². The molecular formula is C102H70N4. The Morgan fingerprint density at radius 1 is 0.189 bits per heavy atom. The summed E-state index contributed by atoms with van der Waals surface area (Å²) >= 11 is 0. The summed E-state index contributed by atoms with van der Waals surface area (Å²) in [5.41, 5.74) is 35.6. The van der Waals surface area contributed by atoms with Crippen molar-refractivity contribution in [1.29, 1.82) is 0 Å². The predicted molar refractivity (Wildman–Crippen MR) is 445 cm³/mol. The van der Waals surface area contributed by atoms with Crippen molar-refractivity contribution in [1.82, 2.24) is 18.3 Å². The van der Waals surface area contributed by atoms with Crippen molar-refractivity contribution in [2.75, 3.05) is 0 Å². The van der Waals surface area contributed by atoms with E-state index in [1.807, 2.05) is 0 Å². The maximum atomic E-state index is 2.51. The van der Waals surface area contributed by atoms with E-state index in [9.17, 15) is 0 Å². The number of rotatable bonds is 8. The number of para-hydroxylation sites is 8. The molecule has 4 aromatic heterocycles. The van der Waals surface area contributed by atoms with Crippen LogP contribution in [0.25, 0.3) is 177 Å². The molecule has 16 aromatic carbocycles. The molecule has 0 bridgehead atoms. The Bertz CT molecular complexity index is 6530. The molecule has 0 atom stereocenters. The lowest BCUT2D eigenvalue weighted by molar-refractivity contribution is 0.660. The molecule has 1 fully saturated rings. The van der Waals surface area contributed by atoms with E-state index >= 15 is 0 Å². The second-order valence-electron chi connectivity index (χ2n) is 29.9. The monoisotopic (exact) mass is 1350 g/mol. The van der Waals surface area contributed by atoms with Gasteiger partial charge in [0.2, 0.25) is 0 Å². The summed E-state index contributed by atoms with van der Waals surface area (Å²) in [6, 6.07) is 135. The summed E-state index contributed by atoms with van der Waals surface area (Å²) < 4.78 is 9.69. The van der Waals surface area contributed by atoms with E-state index in [1.54, 1.807) is 0 Å². The van der Waals surface area contributed by atoms with E-state index in [1.165, 1.54) is 206 Å². The fourth-order valence-electron chi connectivity index (χ4n) is 18.7. The normalized spacial score (nSPS) is 13.6. The zero-order valence-corrected chi connectivity index (χ0v) is 58.8. The van der Waals surface area contributed by atoms with Crippen LogP contribution in [0.3, 0.4) is 0 Å². The second kappa shape index (κ2) is 23.1. The van der Waals surface area contributed by atoms with Gasteiger partial charge in [0.1, 0.15) is 0 Å². The Morgan fingerprint density at radius 2 is 0.472 bits per heavy atom. The third kappa shape index (κ3) is 9.07. The van der Waals surface area contributed by atoms with Crippen LogP contribution in [0.15, 0.2) is 364 Å². The fraction of sp³-hybridized carbons (Fsp3) is 0.0588. The van der Waals surface area contributed by atoms with Gasteiger partial charge < -0.3 is 18.3 Å². The highest BCUT2D eigenvalue weighted by atomic mass is 15.0. The van der Waals surface area contributed by atoms with Crippen LogP contribution >= 0.6 is 0 Å². The van der Waals surface area contributed by atoms with Gasteiger partial charge in [0.05, 0.1) is 44.1 Å². The van der Waals surface area contributed by atoms with Gasteiger partial charge in [-0.15, -0.1) is 0 Å². The highest BCUT2D eigenvalue weighted by Gasteiger charge is 2.52. The van der Waals surface area contributed by atoms with E-state index in [2.05, 4.69) is 396 Å². The first-order valence-electron chi connectivity index (χ1n) is 37.2. The Labute approximate surface area is 614 Å². The molecule has 23 rings (SSSR count). The van der Waals surface area contributed by atoms with E-state index < -0.39 is 0 Å². The quantitative estimate of drug-likeness (QED) is 0.144. The molecule has 0 N–H and O–H groups in total. The molecule has 4 nitrogen and oxygen atoms in total. The van der Waals surface area contributed by atoms with Crippen LogP contribution in [0, 0.1) is 0 Å². The molecule has 1 saturated carbocycles. The number of nitrogens with zero attached hydrogens (tertiary/aromatic N) is 4. The largest absolute Gasteiger partial charge is 0.309 e. The number of hydrogen-bond donors (Lipinski definition) is 0. The van der Waals surface area contributed by atoms with Gasteiger partial charge in [0, 0.05) is 76.7 Å². The van der Waals surface area contributed by atoms with Crippen LogP contribution in [0.5, 0.6) is 0 Å². The highest BCUT2D eigenvalue weighted by Crippen LogP contribution is 2.63. The minimum Gasteiger partial charge on any atom is -0.309 e. The molecule has 106 heavy (non-hydrogen) atoms. The van der Waals surface area contributed by atoms with Gasteiger partial charge in [-0.3, -0.25) is 0 Å². The molecule has 0 unspecified atom stereocenters. The maximum Gasteiger partial charge on any atom is 0.0541 e. The van der Waals surface area contributed by atoms with Crippen LogP contribution in [0.1, 0.15) is 48.9 Å². The number of hydrogen-bond acceptors (Lipinski definition) is 0. The lowest BCUT2D eigenvalue weighted by Crippen LogP contribution is -2.14. The maximum absolute atomic E-state index is 2.51. The zero-order chi connectivity index (χ0) is 69.9. The van der Waals surface area contributed by atoms with Crippen molar-refractivity contribution in [2.45, 2.75) is 37.5 Å². The van der Waals surface area contributed by atoms with E-state index in [0.717, 1.165) is 5.69 Å². The predicted octanol–water partition coefficient (Wildman–Crippen LogP) is 26.8. The van der Waals surface area contributed by atoms with Crippen LogP contribution in [-0.4, -0.2) is 18.3 Å². The summed E-state index contributed by atoms with van der Waals surface area (Å²) in [5, 5.41) is 10.1. The molecular weight excluding hydrogens is 1280 g/mol. The minimum absolute atomic E-state index is 0.0762. The van der Waals surface area contributed by atoms with Crippen molar-refractivity contribution >= 4 is 87.2 Å². The summed E-state index contributed by atoms with van der Waals surface area (Å²) in [5.74, 6) is 0. The Balaban J connectivity index is 0.000000132. The average molecular weight is 1350 g/mol. The summed E-state index contributed by atoms with van der Waals surface area (Å²) in [4.78, 5) is 0. The molecule has 3 aliphatic rings. The molecule has 0 aliphatic heterocycles. The fourth-order valence-corrected chi connectivity index (χ4v) is 18.7.